The molecule has 1 atom stereocenters. The lowest BCUT2D eigenvalue weighted by Gasteiger charge is -2.45. The summed E-state index contributed by atoms with van der Waals surface area (Å²) in [5.74, 6) is 1.33. The average molecular weight is 393 g/mol. The van der Waals surface area contributed by atoms with Crippen LogP contribution in [0.15, 0.2) is 34.2 Å². The fraction of sp³-hybridized carbons (Fsp3) is 0.650. The summed E-state index contributed by atoms with van der Waals surface area (Å²) in [5, 5.41) is 0. The number of nitrogens with zero attached hydrogens (tertiary/aromatic N) is 4. The Balaban J connectivity index is 1.38. The van der Waals surface area contributed by atoms with E-state index in [1.165, 1.54) is 5.56 Å². The Labute approximate surface area is 163 Å². The first-order chi connectivity index (χ1) is 13.0. The van der Waals surface area contributed by atoms with Crippen molar-refractivity contribution in [2.45, 2.75) is 49.7 Å². The van der Waals surface area contributed by atoms with Crippen LogP contribution in [0.5, 0.6) is 0 Å². The molecular weight excluding hydrogens is 363 g/mol. The molecule has 0 amide bonds. The molecule has 0 aromatic heterocycles. The van der Waals surface area contributed by atoms with Crippen LogP contribution >= 0.6 is 0 Å². The van der Waals surface area contributed by atoms with E-state index in [0.29, 0.717) is 37.9 Å². The number of benzene rings is 1. The fourth-order valence-corrected chi connectivity index (χ4v) is 5.23. The van der Waals surface area contributed by atoms with Crippen molar-refractivity contribution in [3.8, 4) is 0 Å². The molecular formula is C20H29FN4OS. The molecule has 1 saturated carbocycles. The van der Waals surface area contributed by atoms with E-state index in [4.69, 9.17) is 0 Å². The third kappa shape index (κ3) is 3.90. The molecule has 2 fully saturated rings. The molecule has 0 spiro atoms. The molecule has 27 heavy (non-hydrogen) atoms. The molecule has 0 radical (unpaired) electrons. The number of hydrogen-bond donors (Lipinski definition) is 0. The van der Waals surface area contributed by atoms with Crippen LogP contribution in [0.1, 0.15) is 38.2 Å². The topological polar surface area (TPSA) is 39.2 Å². The van der Waals surface area contributed by atoms with E-state index in [2.05, 4.69) is 40.8 Å². The predicted octanol–water partition coefficient (Wildman–Crippen LogP) is 2.62. The van der Waals surface area contributed by atoms with Crippen molar-refractivity contribution < 1.29 is 8.60 Å². The van der Waals surface area contributed by atoms with Gasteiger partial charge in [-0.05, 0) is 36.5 Å². The minimum absolute atomic E-state index is 0.414. The molecule has 1 saturated heterocycles. The summed E-state index contributed by atoms with van der Waals surface area (Å²) in [5.41, 5.74) is 1.26. The SMILES string of the molecule is CC(C)c1ccc(S(=O)N2CCN=C2N2CCN(C3CC(F)C3)CC2)cc1. The number of guanidine groups is 1. The molecule has 5 nitrogen and oxygen atoms in total. The van der Waals surface area contributed by atoms with Crippen LogP contribution in [0.4, 0.5) is 4.39 Å². The highest BCUT2D eigenvalue weighted by Gasteiger charge is 2.37. The van der Waals surface area contributed by atoms with Gasteiger partial charge in [0, 0.05) is 32.2 Å². The van der Waals surface area contributed by atoms with E-state index in [9.17, 15) is 8.60 Å². The Bertz CT molecular complexity index is 709. The maximum atomic E-state index is 13.1. The minimum atomic E-state index is -1.23. The number of halogens is 1. The fourth-order valence-electron chi connectivity index (χ4n) is 4.04. The first-order valence-corrected chi connectivity index (χ1v) is 11.1. The van der Waals surface area contributed by atoms with Crippen molar-refractivity contribution in [2.24, 2.45) is 4.99 Å². The van der Waals surface area contributed by atoms with Gasteiger partial charge in [-0.1, -0.05) is 26.0 Å². The van der Waals surface area contributed by atoms with E-state index in [0.717, 1.165) is 37.0 Å². The van der Waals surface area contributed by atoms with Gasteiger partial charge in [0.15, 0.2) is 11.0 Å². The van der Waals surface area contributed by atoms with Gasteiger partial charge >= 0.3 is 0 Å². The molecule has 0 bridgehead atoms. The molecule has 148 valence electrons. The van der Waals surface area contributed by atoms with Crippen molar-refractivity contribution in [2.75, 3.05) is 39.3 Å². The van der Waals surface area contributed by atoms with Crippen LogP contribution < -0.4 is 0 Å². The summed E-state index contributed by atoms with van der Waals surface area (Å²) in [6.07, 6.45) is 0.764. The molecule has 3 aliphatic rings. The normalized spacial score (nSPS) is 27.6. The summed E-state index contributed by atoms with van der Waals surface area (Å²) in [7, 11) is -1.23. The van der Waals surface area contributed by atoms with Crippen LogP contribution in [-0.2, 0) is 11.0 Å². The highest BCUT2D eigenvalue weighted by Crippen LogP contribution is 2.29. The number of rotatable bonds is 4. The maximum absolute atomic E-state index is 13.1. The largest absolute Gasteiger partial charge is 0.339 e. The van der Waals surface area contributed by atoms with Crippen molar-refractivity contribution >= 4 is 16.9 Å². The van der Waals surface area contributed by atoms with E-state index >= 15 is 0 Å². The van der Waals surface area contributed by atoms with E-state index < -0.39 is 17.2 Å². The highest BCUT2D eigenvalue weighted by molar-refractivity contribution is 7.83. The standard InChI is InChI=1S/C20H29FN4OS/c1-15(2)16-3-5-19(6-4-16)27(26)25-8-7-22-20(25)24-11-9-23(10-12-24)18-13-17(21)14-18/h3-6,15,17-18H,7-14H2,1-2H3. The highest BCUT2D eigenvalue weighted by atomic mass is 32.2. The number of alkyl halides is 1. The summed E-state index contributed by atoms with van der Waals surface area (Å²) >= 11 is 0. The molecule has 0 N–H and O–H groups in total. The Morgan fingerprint density at radius 1 is 1.07 bits per heavy atom. The average Bonchev–Trinajstić information content (AvgIpc) is 3.15. The number of hydrogen-bond acceptors (Lipinski definition) is 4. The zero-order valence-electron chi connectivity index (χ0n) is 16.2. The van der Waals surface area contributed by atoms with Crippen molar-refractivity contribution in [1.82, 2.24) is 14.1 Å². The van der Waals surface area contributed by atoms with Crippen LogP contribution in [-0.4, -0.2) is 75.8 Å². The first-order valence-electron chi connectivity index (χ1n) is 10.00. The summed E-state index contributed by atoms with van der Waals surface area (Å²) in [6.45, 7) is 9.30. The van der Waals surface area contributed by atoms with Gasteiger partial charge in [-0.3, -0.25) is 14.2 Å². The lowest BCUT2D eigenvalue weighted by molar-refractivity contribution is 0.0312. The van der Waals surface area contributed by atoms with Crippen molar-refractivity contribution in [3.05, 3.63) is 29.8 Å². The Hall–Kier alpha value is -1.47. The Kier molecular flexibility index (Phi) is 5.50. The molecule has 1 aliphatic carbocycles. The van der Waals surface area contributed by atoms with Gasteiger partial charge in [0.1, 0.15) is 6.17 Å². The lowest BCUT2D eigenvalue weighted by Crippen LogP contribution is -2.57. The zero-order valence-corrected chi connectivity index (χ0v) is 17.0. The Morgan fingerprint density at radius 3 is 2.33 bits per heavy atom. The number of piperazine rings is 1. The number of aliphatic imine (C=N–C) groups is 1. The minimum Gasteiger partial charge on any atom is -0.339 e. The maximum Gasteiger partial charge on any atom is 0.209 e. The second-order valence-corrected chi connectivity index (χ2v) is 9.41. The van der Waals surface area contributed by atoms with Crippen LogP contribution in [0.2, 0.25) is 0 Å². The molecule has 2 heterocycles. The van der Waals surface area contributed by atoms with Crippen LogP contribution in [0, 0.1) is 0 Å². The molecule has 1 aromatic carbocycles. The molecule has 4 rings (SSSR count). The van der Waals surface area contributed by atoms with Crippen molar-refractivity contribution in [1.29, 1.82) is 0 Å². The van der Waals surface area contributed by atoms with Crippen molar-refractivity contribution in [3.63, 3.8) is 0 Å². The van der Waals surface area contributed by atoms with Crippen LogP contribution in [0.25, 0.3) is 0 Å². The monoisotopic (exact) mass is 392 g/mol. The van der Waals surface area contributed by atoms with E-state index in [1.807, 2.05) is 16.4 Å². The zero-order chi connectivity index (χ0) is 19.0. The second kappa shape index (κ2) is 7.87. The molecule has 1 aromatic rings. The van der Waals surface area contributed by atoms with Gasteiger partial charge in [0.2, 0.25) is 5.96 Å². The summed E-state index contributed by atoms with van der Waals surface area (Å²) in [4.78, 5) is 10.1. The van der Waals surface area contributed by atoms with Gasteiger partial charge in [-0.15, -0.1) is 0 Å². The lowest BCUT2D eigenvalue weighted by atomic mass is 9.89. The van der Waals surface area contributed by atoms with E-state index in [1.54, 1.807) is 0 Å². The van der Waals surface area contributed by atoms with Crippen LogP contribution in [0.3, 0.4) is 0 Å². The quantitative estimate of drug-likeness (QED) is 0.791. The third-order valence-corrected chi connectivity index (χ3v) is 7.32. The van der Waals surface area contributed by atoms with Gasteiger partial charge in [-0.2, -0.15) is 0 Å². The van der Waals surface area contributed by atoms with E-state index in [-0.39, 0.29) is 0 Å². The van der Waals surface area contributed by atoms with Gasteiger partial charge in [0.25, 0.3) is 0 Å². The van der Waals surface area contributed by atoms with Gasteiger partial charge in [-0.25, -0.2) is 8.60 Å². The molecule has 7 heteroatoms. The Morgan fingerprint density at radius 2 is 1.74 bits per heavy atom. The van der Waals surface area contributed by atoms with Gasteiger partial charge < -0.3 is 4.90 Å². The van der Waals surface area contributed by atoms with Gasteiger partial charge in [0.05, 0.1) is 18.0 Å². The smallest absolute Gasteiger partial charge is 0.209 e. The second-order valence-electron chi connectivity index (χ2n) is 8.00. The summed E-state index contributed by atoms with van der Waals surface area (Å²) < 4.78 is 28.2. The first kappa shape index (κ1) is 18.9. The molecule has 1 unspecified atom stereocenters. The molecule has 2 aliphatic heterocycles. The third-order valence-electron chi connectivity index (χ3n) is 5.90. The predicted molar refractivity (Wildman–Crippen MR) is 107 cm³/mol. The summed E-state index contributed by atoms with van der Waals surface area (Å²) in [6, 6.07) is 8.50.